The number of aromatic nitrogens is 1. The standard InChI is InChI=1S/C25H29N5O3/c1-17-15-21(19-3-4-19)16-26-23(17)27-9-11-28(12-10-27)24(32)20-5-7-22(8-6-20)30-14-13-29(18(2)31)25(30)33/h5-8,15-16,19H,3-4,9-14H2,1-2H3. The molecule has 0 unspecified atom stereocenters. The molecule has 0 N–H and O–H groups in total. The quantitative estimate of drug-likeness (QED) is 0.720. The van der Waals surface area contributed by atoms with Crippen molar-refractivity contribution in [2.24, 2.45) is 0 Å². The van der Waals surface area contributed by atoms with Crippen molar-refractivity contribution < 1.29 is 14.4 Å². The summed E-state index contributed by atoms with van der Waals surface area (Å²) in [5.41, 5.74) is 3.85. The zero-order valence-electron chi connectivity index (χ0n) is 19.2. The van der Waals surface area contributed by atoms with Gasteiger partial charge in [-0.15, -0.1) is 0 Å². The van der Waals surface area contributed by atoms with Gasteiger partial charge in [0.25, 0.3) is 5.91 Å². The van der Waals surface area contributed by atoms with E-state index >= 15 is 0 Å². The van der Waals surface area contributed by atoms with E-state index in [2.05, 4.69) is 17.9 Å². The second-order valence-electron chi connectivity index (χ2n) is 9.11. The normalized spacial score (nSPS) is 18.8. The molecule has 1 saturated carbocycles. The first-order valence-electron chi connectivity index (χ1n) is 11.6. The van der Waals surface area contributed by atoms with E-state index in [1.165, 1.54) is 35.8 Å². The maximum absolute atomic E-state index is 13.0. The van der Waals surface area contributed by atoms with Crippen molar-refractivity contribution in [2.75, 3.05) is 49.1 Å². The molecule has 8 heteroatoms. The average Bonchev–Trinajstić information content (AvgIpc) is 3.60. The minimum absolute atomic E-state index is 0.00641. The van der Waals surface area contributed by atoms with Crippen LogP contribution in [0.2, 0.25) is 0 Å². The maximum atomic E-state index is 13.0. The van der Waals surface area contributed by atoms with Gasteiger partial charge in [0, 0.05) is 63.6 Å². The Bertz CT molecular complexity index is 1090. The molecule has 2 saturated heterocycles. The Morgan fingerprint density at radius 1 is 0.970 bits per heavy atom. The summed E-state index contributed by atoms with van der Waals surface area (Å²) >= 11 is 0. The van der Waals surface area contributed by atoms with Gasteiger partial charge in [-0.2, -0.15) is 0 Å². The number of aryl methyl sites for hydroxylation is 1. The molecule has 8 nitrogen and oxygen atoms in total. The number of nitrogens with zero attached hydrogens (tertiary/aromatic N) is 5. The summed E-state index contributed by atoms with van der Waals surface area (Å²) < 4.78 is 0. The van der Waals surface area contributed by atoms with Crippen molar-refractivity contribution in [2.45, 2.75) is 32.6 Å². The lowest BCUT2D eigenvalue weighted by Gasteiger charge is -2.36. The summed E-state index contributed by atoms with van der Waals surface area (Å²) in [6.45, 7) is 7.15. The molecule has 1 aliphatic carbocycles. The fourth-order valence-electron chi connectivity index (χ4n) is 4.72. The van der Waals surface area contributed by atoms with Crippen LogP contribution in [0.4, 0.5) is 16.3 Å². The van der Waals surface area contributed by atoms with Crippen LogP contribution in [0.1, 0.15) is 47.2 Å². The fraction of sp³-hybridized carbons (Fsp3) is 0.440. The first kappa shape index (κ1) is 21.4. The minimum atomic E-state index is -0.313. The molecule has 3 aliphatic rings. The largest absolute Gasteiger partial charge is 0.353 e. The highest BCUT2D eigenvalue weighted by Gasteiger charge is 2.32. The number of piperazine rings is 1. The lowest BCUT2D eigenvalue weighted by atomic mass is 10.1. The van der Waals surface area contributed by atoms with Crippen molar-refractivity contribution in [3.05, 3.63) is 53.2 Å². The Hall–Kier alpha value is -3.42. The fourth-order valence-corrected chi connectivity index (χ4v) is 4.72. The Balaban J connectivity index is 1.20. The average molecular weight is 448 g/mol. The summed E-state index contributed by atoms with van der Waals surface area (Å²) in [6.07, 6.45) is 4.56. The van der Waals surface area contributed by atoms with Crippen LogP contribution in [0.5, 0.6) is 0 Å². The summed E-state index contributed by atoms with van der Waals surface area (Å²) in [6, 6.07) is 9.03. The molecular formula is C25H29N5O3. The number of imide groups is 1. The summed E-state index contributed by atoms with van der Waals surface area (Å²) in [7, 11) is 0. The van der Waals surface area contributed by atoms with Crippen LogP contribution in [0.3, 0.4) is 0 Å². The number of urea groups is 1. The molecule has 1 aromatic carbocycles. The molecule has 33 heavy (non-hydrogen) atoms. The molecule has 2 aromatic rings. The molecule has 0 bridgehead atoms. The zero-order chi connectivity index (χ0) is 23.1. The lowest BCUT2D eigenvalue weighted by molar-refractivity contribution is -0.125. The molecule has 0 spiro atoms. The van der Waals surface area contributed by atoms with Crippen molar-refractivity contribution in [1.82, 2.24) is 14.8 Å². The van der Waals surface area contributed by atoms with Gasteiger partial charge in [0.05, 0.1) is 0 Å². The Labute approximate surface area is 193 Å². The van der Waals surface area contributed by atoms with Gasteiger partial charge >= 0.3 is 6.03 Å². The van der Waals surface area contributed by atoms with Crippen LogP contribution in [-0.2, 0) is 4.79 Å². The first-order chi connectivity index (χ1) is 15.9. The van der Waals surface area contributed by atoms with Gasteiger partial charge in [0.1, 0.15) is 5.82 Å². The number of pyridine rings is 1. The van der Waals surface area contributed by atoms with Crippen molar-refractivity contribution in [1.29, 1.82) is 0 Å². The van der Waals surface area contributed by atoms with Gasteiger partial charge in [-0.05, 0) is 61.1 Å². The number of benzene rings is 1. The molecule has 172 valence electrons. The molecule has 3 fully saturated rings. The van der Waals surface area contributed by atoms with E-state index in [-0.39, 0.29) is 17.8 Å². The topological polar surface area (TPSA) is 77.1 Å². The summed E-state index contributed by atoms with van der Waals surface area (Å²) in [5.74, 6) is 1.46. The third-order valence-electron chi connectivity index (χ3n) is 6.80. The van der Waals surface area contributed by atoms with Crippen molar-refractivity contribution in [3.8, 4) is 0 Å². The van der Waals surface area contributed by atoms with E-state index < -0.39 is 0 Å². The van der Waals surface area contributed by atoms with Crippen LogP contribution in [0.25, 0.3) is 0 Å². The Kier molecular flexibility index (Phi) is 5.52. The molecule has 0 radical (unpaired) electrons. The molecule has 2 aliphatic heterocycles. The van der Waals surface area contributed by atoms with Gasteiger partial charge < -0.3 is 9.80 Å². The minimum Gasteiger partial charge on any atom is -0.353 e. The number of carbonyl (C=O) groups excluding carboxylic acids is 3. The maximum Gasteiger partial charge on any atom is 0.331 e. The van der Waals surface area contributed by atoms with Crippen molar-refractivity contribution >= 4 is 29.4 Å². The number of carbonyl (C=O) groups is 3. The van der Waals surface area contributed by atoms with Crippen LogP contribution < -0.4 is 9.80 Å². The number of hydrogen-bond donors (Lipinski definition) is 0. The van der Waals surface area contributed by atoms with E-state index in [9.17, 15) is 14.4 Å². The molecule has 4 amide bonds. The molecule has 3 heterocycles. The molecular weight excluding hydrogens is 418 g/mol. The van der Waals surface area contributed by atoms with E-state index in [1.807, 2.05) is 11.1 Å². The van der Waals surface area contributed by atoms with Gasteiger partial charge in [-0.3, -0.25) is 19.4 Å². The van der Waals surface area contributed by atoms with Gasteiger partial charge in [0.2, 0.25) is 5.91 Å². The van der Waals surface area contributed by atoms with E-state index in [1.54, 1.807) is 29.2 Å². The monoisotopic (exact) mass is 447 g/mol. The third kappa shape index (κ3) is 4.17. The smallest absolute Gasteiger partial charge is 0.331 e. The summed E-state index contributed by atoms with van der Waals surface area (Å²) in [5, 5.41) is 0. The van der Waals surface area contributed by atoms with Crippen LogP contribution in [0.15, 0.2) is 36.5 Å². The summed E-state index contributed by atoms with van der Waals surface area (Å²) in [4.78, 5) is 48.6. The highest BCUT2D eigenvalue weighted by atomic mass is 16.2. The Morgan fingerprint density at radius 2 is 1.67 bits per heavy atom. The molecule has 1 aromatic heterocycles. The number of rotatable bonds is 4. The first-order valence-corrected chi connectivity index (χ1v) is 11.6. The number of amides is 4. The second-order valence-corrected chi connectivity index (χ2v) is 9.11. The van der Waals surface area contributed by atoms with Crippen LogP contribution in [-0.4, -0.2) is 71.9 Å². The Morgan fingerprint density at radius 3 is 2.24 bits per heavy atom. The van der Waals surface area contributed by atoms with E-state index in [0.717, 1.165) is 18.9 Å². The van der Waals surface area contributed by atoms with E-state index in [4.69, 9.17) is 4.98 Å². The molecule has 5 rings (SSSR count). The van der Waals surface area contributed by atoms with E-state index in [0.29, 0.717) is 43.3 Å². The second kappa shape index (κ2) is 8.50. The third-order valence-corrected chi connectivity index (χ3v) is 6.80. The van der Waals surface area contributed by atoms with Gasteiger partial charge in [-0.25, -0.2) is 9.78 Å². The highest BCUT2D eigenvalue weighted by Crippen LogP contribution is 2.40. The van der Waals surface area contributed by atoms with Crippen LogP contribution >= 0.6 is 0 Å². The van der Waals surface area contributed by atoms with Crippen LogP contribution in [0, 0.1) is 6.92 Å². The number of anilines is 2. The predicted octanol–water partition coefficient (Wildman–Crippen LogP) is 3.02. The van der Waals surface area contributed by atoms with Gasteiger partial charge in [0.15, 0.2) is 0 Å². The zero-order valence-corrected chi connectivity index (χ0v) is 19.2. The van der Waals surface area contributed by atoms with Gasteiger partial charge in [-0.1, -0.05) is 6.07 Å². The molecule has 0 atom stereocenters. The number of hydrogen-bond acceptors (Lipinski definition) is 5. The predicted molar refractivity (Wildman–Crippen MR) is 126 cm³/mol. The van der Waals surface area contributed by atoms with Crippen molar-refractivity contribution in [3.63, 3.8) is 0 Å². The SMILES string of the molecule is CC(=O)N1CCN(c2ccc(C(=O)N3CCN(c4ncc(C5CC5)cc4C)CC3)cc2)C1=O. The highest BCUT2D eigenvalue weighted by molar-refractivity contribution is 6.04. The lowest BCUT2D eigenvalue weighted by Crippen LogP contribution is -2.49.